The van der Waals surface area contributed by atoms with Crippen molar-refractivity contribution in [3.63, 3.8) is 0 Å². The van der Waals surface area contributed by atoms with Crippen LogP contribution in [0.1, 0.15) is 16.8 Å². The molecule has 0 N–H and O–H groups in total. The molecule has 4 heteroatoms. The molecule has 1 aliphatic rings. The van der Waals surface area contributed by atoms with E-state index in [0.717, 1.165) is 36.2 Å². The zero-order chi connectivity index (χ0) is 12.3. The summed E-state index contributed by atoms with van der Waals surface area (Å²) in [6.07, 6.45) is 1.05. The summed E-state index contributed by atoms with van der Waals surface area (Å²) in [5.41, 5.74) is 0.731. The molecule has 0 radical (unpaired) electrons. The second-order valence-electron chi connectivity index (χ2n) is 4.42. The highest BCUT2D eigenvalue weighted by atomic mass is 79.9. The predicted octanol–water partition coefficient (Wildman–Crippen LogP) is 2.56. The number of halogens is 1. The van der Waals surface area contributed by atoms with Gasteiger partial charge in [-0.2, -0.15) is 0 Å². The van der Waals surface area contributed by atoms with Gasteiger partial charge in [-0.05, 0) is 30.7 Å². The SMILES string of the molecule is CN(C[C@H]1CCOC1)C(=O)c1ccc(Br)cc1. The van der Waals surface area contributed by atoms with Crippen LogP contribution in [0.25, 0.3) is 0 Å². The molecule has 0 unspecified atom stereocenters. The van der Waals surface area contributed by atoms with Gasteiger partial charge in [0, 0.05) is 36.2 Å². The Labute approximate surface area is 110 Å². The molecule has 1 aromatic carbocycles. The van der Waals surface area contributed by atoms with E-state index in [4.69, 9.17) is 4.74 Å². The molecule has 1 fully saturated rings. The summed E-state index contributed by atoms with van der Waals surface area (Å²) in [5.74, 6) is 0.559. The monoisotopic (exact) mass is 297 g/mol. The molecule has 1 heterocycles. The van der Waals surface area contributed by atoms with E-state index in [9.17, 15) is 4.79 Å². The quantitative estimate of drug-likeness (QED) is 0.858. The van der Waals surface area contributed by atoms with Crippen LogP contribution in [0.5, 0.6) is 0 Å². The Kier molecular flexibility index (Phi) is 4.18. The highest BCUT2D eigenvalue weighted by Gasteiger charge is 2.20. The first-order valence-electron chi connectivity index (χ1n) is 5.75. The van der Waals surface area contributed by atoms with Gasteiger partial charge in [-0.3, -0.25) is 4.79 Å². The summed E-state index contributed by atoms with van der Waals surface area (Å²) in [4.78, 5) is 13.9. The molecule has 0 saturated carbocycles. The number of carbonyl (C=O) groups is 1. The average molecular weight is 298 g/mol. The fourth-order valence-corrected chi connectivity index (χ4v) is 2.27. The van der Waals surface area contributed by atoms with Gasteiger partial charge in [0.05, 0.1) is 6.61 Å². The fraction of sp³-hybridized carbons (Fsp3) is 0.462. The van der Waals surface area contributed by atoms with Gasteiger partial charge in [0.1, 0.15) is 0 Å². The predicted molar refractivity (Wildman–Crippen MR) is 70.0 cm³/mol. The Balaban J connectivity index is 1.96. The lowest BCUT2D eigenvalue weighted by Gasteiger charge is -2.20. The smallest absolute Gasteiger partial charge is 0.253 e. The van der Waals surface area contributed by atoms with Crippen molar-refractivity contribution in [2.24, 2.45) is 5.92 Å². The van der Waals surface area contributed by atoms with E-state index in [1.54, 1.807) is 4.90 Å². The zero-order valence-electron chi connectivity index (χ0n) is 9.86. The molecule has 17 heavy (non-hydrogen) atoms. The molecule has 2 rings (SSSR count). The van der Waals surface area contributed by atoms with Crippen LogP contribution in [0, 0.1) is 5.92 Å². The molecule has 0 spiro atoms. The van der Waals surface area contributed by atoms with Gasteiger partial charge in [0.2, 0.25) is 0 Å². The number of ether oxygens (including phenoxy) is 1. The minimum absolute atomic E-state index is 0.0735. The lowest BCUT2D eigenvalue weighted by atomic mass is 10.1. The first kappa shape index (κ1) is 12.6. The number of carbonyl (C=O) groups excluding carboxylic acids is 1. The van der Waals surface area contributed by atoms with E-state index < -0.39 is 0 Å². The van der Waals surface area contributed by atoms with Crippen LogP contribution >= 0.6 is 15.9 Å². The summed E-state index contributed by atoms with van der Waals surface area (Å²) in [5, 5.41) is 0. The van der Waals surface area contributed by atoms with Crippen molar-refractivity contribution < 1.29 is 9.53 Å². The Bertz CT molecular complexity index is 385. The summed E-state index contributed by atoms with van der Waals surface area (Å²) in [7, 11) is 1.85. The van der Waals surface area contributed by atoms with Crippen LogP contribution in [0.2, 0.25) is 0 Å². The normalized spacial score (nSPS) is 19.3. The van der Waals surface area contributed by atoms with Gasteiger partial charge < -0.3 is 9.64 Å². The molecule has 1 saturated heterocycles. The van der Waals surface area contributed by atoms with E-state index in [0.29, 0.717) is 5.92 Å². The first-order valence-corrected chi connectivity index (χ1v) is 6.55. The van der Waals surface area contributed by atoms with Gasteiger partial charge >= 0.3 is 0 Å². The molecular formula is C13H16BrNO2. The highest BCUT2D eigenvalue weighted by Crippen LogP contribution is 2.16. The summed E-state index contributed by atoms with van der Waals surface area (Å²) in [6, 6.07) is 7.46. The molecule has 0 bridgehead atoms. The minimum atomic E-state index is 0.0735. The van der Waals surface area contributed by atoms with Crippen molar-refractivity contribution in [1.82, 2.24) is 4.90 Å². The molecule has 1 aromatic rings. The maximum Gasteiger partial charge on any atom is 0.253 e. The number of hydrogen-bond acceptors (Lipinski definition) is 2. The third-order valence-corrected chi connectivity index (χ3v) is 3.52. The van der Waals surface area contributed by atoms with Gasteiger partial charge in [-0.1, -0.05) is 15.9 Å². The highest BCUT2D eigenvalue weighted by molar-refractivity contribution is 9.10. The van der Waals surface area contributed by atoms with Crippen LogP contribution in [0.15, 0.2) is 28.7 Å². The van der Waals surface area contributed by atoms with Crippen molar-refractivity contribution in [1.29, 1.82) is 0 Å². The molecule has 3 nitrogen and oxygen atoms in total. The van der Waals surface area contributed by atoms with E-state index in [1.807, 2.05) is 31.3 Å². The van der Waals surface area contributed by atoms with Crippen LogP contribution in [0.4, 0.5) is 0 Å². The van der Waals surface area contributed by atoms with E-state index in [2.05, 4.69) is 15.9 Å². The van der Waals surface area contributed by atoms with Crippen LogP contribution < -0.4 is 0 Å². The Hall–Kier alpha value is -0.870. The summed E-state index contributed by atoms with van der Waals surface area (Å²) >= 11 is 3.36. The average Bonchev–Trinajstić information content (AvgIpc) is 2.82. The number of amides is 1. The standard InChI is InChI=1S/C13H16BrNO2/c1-15(8-10-6-7-17-9-10)13(16)11-2-4-12(14)5-3-11/h2-5,10H,6-9H2,1H3/t10-/m1/s1. The minimum Gasteiger partial charge on any atom is -0.381 e. The van der Waals surface area contributed by atoms with Crippen molar-refractivity contribution in [3.8, 4) is 0 Å². The van der Waals surface area contributed by atoms with E-state index in [1.165, 1.54) is 0 Å². The summed E-state index contributed by atoms with van der Waals surface area (Å²) in [6.45, 7) is 2.37. The lowest BCUT2D eigenvalue weighted by molar-refractivity contribution is 0.0766. The van der Waals surface area contributed by atoms with Gasteiger partial charge in [0.15, 0.2) is 0 Å². The third-order valence-electron chi connectivity index (χ3n) is 2.99. The maximum atomic E-state index is 12.1. The topological polar surface area (TPSA) is 29.5 Å². The van der Waals surface area contributed by atoms with Crippen molar-refractivity contribution in [2.75, 3.05) is 26.8 Å². The molecule has 1 amide bonds. The zero-order valence-corrected chi connectivity index (χ0v) is 11.4. The first-order chi connectivity index (χ1) is 8.16. The Morgan fingerprint density at radius 1 is 1.47 bits per heavy atom. The lowest BCUT2D eigenvalue weighted by Crippen LogP contribution is -2.32. The van der Waals surface area contributed by atoms with Crippen molar-refractivity contribution in [3.05, 3.63) is 34.3 Å². The second kappa shape index (κ2) is 5.65. The van der Waals surface area contributed by atoms with Gasteiger partial charge in [-0.25, -0.2) is 0 Å². The molecule has 92 valence electrons. The van der Waals surface area contributed by atoms with Crippen molar-refractivity contribution >= 4 is 21.8 Å². The fourth-order valence-electron chi connectivity index (χ4n) is 2.01. The van der Waals surface area contributed by atoms with E-state index >= 15 is 0 Å². The van der Waals surface area contributed by atoms with Crippen LogP contribution in [-0.2, 0) is 4.74 Å². The summed E-state index contributed by atoms with van der Waals surface area (Å²) < 4.78 is 6.30. The number of nitrogens with zero attached hydrogens (tertiary/aromatic N) is 1. The molecule has 1 aliphatic heterocycles. The molecule has 0 aromatic heterocycles. The van der Waals surface area contributed by atoms with Gasteiger partial charge in [0.25, 0.3) is 5.91 Å². The Morgan fingerprint density at radius 3 is 2.76 bits per heavy atom. The Morgan fingerprint density at radius 2 is 2.18 bits per heavy atom. The largest absolute Gasteiger partial charge is 0.381 e. The van der Waals surface area contributed by atoms with Gasteiger partial charge in [-0.15, -0.1) is 0 Å². The van der Waals surface area contributed by atoms with E-state index in [-0.39, 0.29) is 5.91 Å². The van der Waals surface area contributed by atoms with Crippen molar-refractivity contribution in [2.45, 2.75) is 6.42 Å². The molecule has 1 atom stereocenters. The third kappa shape index (κ3) is 3.30. The maximum absolute atomic E-state index is 12.1. The molecule has 0 aliphatic carbocycles. The van der Waals surface area contributed by atoms with Crippen LogP contribution in [0.3, 0.4) is 0 Å². The molecular weight excluding hydrogens is 282 g/mol. The number of benzene rings is 1. The number of rotatable bonds is 3. The van der Waals surface area contributed by atoms with Crippen LogP contribution in [-0.4, -0.2) is 37.6 Å². The number of hydrogen-bond donors (Lipinski definition) is 0. The second-order valence-corrected chi connectivity index (χ2v) is 5.34.